The van der Waals surface area contributed by atoms with Crippen molar-refractivity contribution in [3.63, 3.8) is 0 Å². The van der Waals surface area contributed by atoms with Crippen molar-refractivity contribution >= 4 is 27.4 Å². The molecule has 104 valence electrons. The predicted octanol–water partition coefficient (Wildman–Crippen LogP) is 3.08. The molecule has 0 saturated heterocycles. The molecule has 0 bridgehead atoms. The third kappa shape index (κ3) is 3.02. The second kappa shape index (κ2) is 5.83. The summed E-state index contributed by atoms with van der Waals surface area (Å²) in [6, 6.07) is 4.33. The van der Waals surface area contributed by atoms with Gasteiger partial charge in [-0.1, -0.05) is 22.9 Å². The zero-order valence-corrected chi connectivity index (χ0v) is 12.1. The average Bonchev–Trinajstić information content (AvgIpc) is 2.38. The molecule has 7 nitrogen and oxygen atoms in total. The van der Waals surface area contributed by atoms with Crippen LogP contribution in [0.25, 0.3) is 0 Å². The van der Waals surface area contributed by atoms with Gasteiger partial charge in [-0.3, -0.25) is 10.1 Å². The highest BCUT2D eigenvalue weighted by Gasteiger charge is 2.13. The standard InChI is InChI=1S/C12H11BrN4O3/c1-2-10-11(14)15-6-16-12(10)20-9-4-7(13)3-8(5-9)17(18)19/h3-6H,2H2,1H3,(H2,14,15,16). The zero-order valence-electron chi connectivity index (χ0n) is 10.5. The van der Waals surface area contributed by atoms with Gasteiger partial charge in [0.15, 0.2) is 0 Å². The molecule has 0 saturated carbocycles. The Hall–Kier alpha value is -2.22. The van der Waals surface area contributed by atoms with Crippen molar-refractivity contribution in [1.29, 1.82) is 0 Å². The summed E-state index contributed by atoms with van der Waals surface area (Å²) < 4.78 is 6.13. The van der Waals surface area contributed by atoms with Crippen LogP contribution in [-0.2, 0) is 6.42 Å². The Morgan fingerprint density at radius 2 is 2.15 bits per heavy atom. The van der Waals surface area contributed by atoms with Gasteiger partial charge in [0.2, 0.25) is 5.88 Å². The molecule has 1 aromatic carbocycles. The fourth-order valence-electron chi connectivity index (χ4n) is 1.65. The molecule has 2 N–H and O–H groups in total. The monoisotopic (exact) mass is 338 g/mol. The number of hydrogen-bond acceptors (Lipinski definition) is 6. The van der Waals surface area contributed by atoms with Crippen molar-refractivity contribution in [3.8, 4) is 11.6 Å². The summed E-state index contributed by atoms with van der Waals surface area (Å²) in [5, 5.41) is 10.8. The number of nitro groups is 1. The third-order valence-electron chi connectivity index (χ3n) is 2.57. The summed E-state index contributed by atoms with van der Waals surface area (Å²) in [7, 11) is 0. The van der Waals surface area contributed by atoms with E-state index in [0.717, 1.165) is 0 Å². The Balaban J connectivity index is 2.40. The molecular formula is C12H11BrN4O3. The lowest BCUT2D eigenvalue weighted by Crippen LogP contribution is -2.02. The number of nitrogens with two attached hydrogens (primary N) is 1. The molecule has 0 unspecified atom stereocenters. The van der Waals surface area contributed by atoms with Crippen LogP contribution in [0, 0.1) is 10.1 Å². The van der Waals surface area contributed by atoms with Crippen molar-refractivity contribution in [2.45, 2.75) is 13.3 Å². The molecule has 8 heteroatoms. The summed E-state index contributed by atoms with van der Waals surface area (Å²) in [6.45, 7) is 1.89. The van der Waals surface area contributed by atoms with Crippen LogP contribution in [0.1, 0.15) is 12.5 Å². The largest absolute Gasteiger partial charge is 0.438 e. The number of ether oxygens (including phenoxy) is 1. The van der Waals surface area contributed by atoms with Crippen LogP contribution in [0.3, 0.4) is 0 Å². The number of hydrogen-bond donors (Lipinski definition) is 1. The maximum Gasteiger partial charge on any atom is 0.274 e. The molecule has 0 atom stereocenters. The number of benzene rings is 1. The molecule has 0 aliphatic heterocycles. The quantitative estimate of drug-likeness (QED) is 0.678. The first-order valence-corrected chi connectivity index (χ1v) is 6.52. The molecular weight excluding hydrogens is 328 g/mol. The number of non-ortho nitro benzene ring substituents is 1. The van der Waals surface area contributed by atoms with Crippen molar-refractivity contribution in [1.82, 2.24) is 9.97 Å². The van der Waals surface area contributed by atoms with E-state index in [9.17, 15) is 10.1 Å². The molecule has 2 aromatic rings. The zero-order chi connectivity index (χ0) is 14.7. The molecule has 20 heavy (non-hydrogen) atoms. The molecule has 1 aromatic heterocycles. The van der Waals surface area contributed by atoms with E-state index in [1.807, 2.05) is 6.92 Å². The smallest absolute Gasteiger partial charge is 0.274 e. The van der Waals surface area contributed by atoms with Gasteiger partial charge in [0.05, 0.1) is 16.6 Å². The van der Waals surface area contributed by atoms with E-state index in [2.05, 4.69) is 25.9 Å². The minimum atomic E-state index is -0.493. The van der Waals surface area contributed by atoms with Crippen LogP contribution in [0.5, 0.6) is 11.6 Å². The van der Waals surface area contributed by atoms with Gasteiger partial charge in [0.1, 0.15) is 17.9 Å². The number of anilines is 1. The highest BCUT2D eigenvalue weighted by atomic mass is 79.9. The van der Waals surface area contributed by atoms with Gasteiger partial charge in [-0.05, 0) is 12.5 Å². The third-order valence-corrected chi connectivity index (χ3v) is 3.03. The van der Waals surface area contributed by atoms with Gasteiger partial charge in [0.25, 0.3) is 5.69 Å². The summed E-state index contributed by atoms with van der Waals surface area (Å²) in [4.78, 5) is 18.2. The lowest BCUT2D eigenvalue weighted by molar-refractivity contribution is -0.385. The number of nitrogen functional groups attached to an aromatic ring is 1. The van der Waals surface area contributed by atoms with Crippen molar-refractivity contribution in [3.05, 3.63) is 44.7 Å². The SMILES string of the molecule is CCc1c(N)ncnc1Oc1cc(Br)cc([N+](=O)[O-])c1. The van der Waals surface area contributed by atoms with Crippen LogP contribution in [-0.4, -0.2) is 14.9 Å². The van der Waals surface area contributed by atoms with Gasteiger partial charge in [-0.15, -0.1) is 0 Å². The highest BCUT2D eigenvalue weighted by molar-refractivity contribution is 9.10. The lowest BCUT2D eigenvalue weighted by Gasteiger charge is -2.10. The van der Waals surface area contributed by atoms with E-state index in [0.29, 0.717) is 33.9 Å². The molecule has 0 fully saturated rings. The van der Waals surface area contributed by atoms with E-state index in [1.54, 1.807) is 6.07 Å². The van der Waals surface area contributed by atoms with Crippen LogP contribution in [0.15, 0.2) is 29.0 Å². The Morgan fingerprint density at radius 1 is 1.40 bits per heavy atom. The Bertz CT molecular complexity index is 663. The summed E-state index contributed by atoms with van der Waals surface area (Å²) in [5.74, 6) is 0.938. The Kier molecular flexibility index (Phi) is 4.14. The van der Waals surface area contributed by atoms with E-state index < -0.39 is 4.92 Å². The van der Waals surface area contributed by atoms with Crippen LogP contribution in [0.2, 0.25) is 0 Å². The normalized spacial score (nSPS) is 10.3. The lowest BCUT2D eigenvalue weighted by atomic mass is 10.2. The molecule has 2 rings (SSSR count). The minimum absolute atomic E-state index is 0.0746. The number of halogens is 1. The number of nitrogens with zero attached hydrogens (tertiary/aromatic N) is 3. The molecule has 1 heterocycles. The van der Waals surface area contributed by atoms with Crippen molar-refractivity contribution < 1.29 is 9.66 Å². The maximum absolute atomic E-state index is 10.8. The van der Waals surface area contributed by atoms with Gasteiger partial charge >= 0.3 is 0 Å². The summed E-state index contributed by atoms with van der Waals surface area (Å²) in [5.41, 5.74) is 6.33. The van der Waals surface area contributed by atoms with E-state index in [1.165, 1.54) is 18.5 Å². The van der Waals surface area contributed by atoms with Crippen LogP contribution >= 0.6 is 15.9 Å². The first kappa shape index (κ1) is 14.2. The minimum Gasteiger partial charge on any atom is -0.438 e. The molecule has 0 amide bonds. The highest BCUT2D eigenvalue weighted by Crippen LogP contribution is 2.31. The van der Waals surface area contributed by atoms with E-state index in [4.69, 9.17) is 10.5 Å². The van der Waals surface area contributed by atoms with Gasteiger partial charge in [0, 0.05) is 10.5 Å². The number of rotatable bonds is 4. The fraction of sp³-hybridized carbons (Fsp3) is 0.167. The van der Waals surface area contributed by atoms with E-state index in [-0.39, 0.29) is 5.69 Å². The topological polar surface area (TPSA) is 104 Å². The maximum atomic E-state index is 10.8. The fourth-order valence-corrected chi connectivity index (χ4v) is 2.11. The first-order chi connectivity index (χ1) is 9.51. The van der Waals surface area contributed by atoms with Crippen molar-refractivity contribution in [2.24, 2.45) is 0 Å². The average molecular weight is 339 g/mol. The number of nitro benzene ring substituents is 1. The molecule has 0 aliphatic carbocycles. The number of aromatic nitrogens is 2. The summed E-state index contributed by atoms with van der Waals surface area (Å²) >= 11 is 3.20. The first-order valence-electron chi connectivity index (χ1n) is 5.73. The molecule has 0 spiro atoms. The van der Waals surface area contributed by atoms with Gasteiger partial charge < -0.3 is 10.5 Å². The van der Waals surface area contributed by atoms with Crippen LogP contribution < -0.4 is 10.5 Å². The van der Waals surface area contributed by atoms with Gasteiger partial charge in [-0.2, -0.15) is 0 Å². The van der Waals surface area contributed by atoms with Crippen molar-refractivity contribution in [2.75, 3.05) is 5.73 Å². The van der Waals surface area contributed by atoms with Gasteiger partial charge in [-0.25, -0.2) is 9.97 Å². The Morgan fingerprint density at radius 3 is 2.80 bits per heavy atom. The Labute approximate surface area is 123 Å². The predicted molar refractivity (Wildman–Crippen MR) is 76.7 cm³/mol. The van der Waals surface area contributed by atoms with E-state index >= 15 is 0 Å². The molecule has 0 radical (unpaired) electrons. The van der Waals surface area contributed by atoms with Crippen LogP contribution in [0.4, 0.5) is 11.5 Å². The summed E-state index contributed by atoms with van der Waals surface area (Å²) in [6.07, 6.45) is 1.88. The second-order valence-electron chi connectivity index (χ2n) is 3.90. The molecule has 0 aliphatic rings. The second-order valence-corrected chi connectivity index (χ2v) is 4.82.